The largest absolute Gasteiger partial charge is 0.376 e. The van der Waals surface area contributed by atoms with Crippen LogP contribution < -0.4 is 10.6 Å². The Bertz CT molecular complexity index is 656. The Balaban J connectivity index is 1.60. The number of carbonyl (C=O) groups is 2. The standard InChI is InChI=1S/C21H31N3O3/c1-15(2)23-21(26)24-10-4-8-18(14-24)16-6-3-7-17(12-16)20(25)22-13-19-9-5-11-27-19/h3,6-7,12,15,18-19H,4-5,8-11,13-14H2,1-2H3,(H,22,25)(H,23,26)/t18-,19+/m1/s1. The molecule has 27 heavy (non-hydrogen) atoms. The van der Waals surface area contributed by atoms with Crippen LogP contribution in [0.15, 0.2) is 24.3 Å². The highest BCUT2D eigenvalue weighted by molar-refractivity contribution is 5.94. The van der Waals surface area contributed by atoms with Crippen molar-refractivity contribution in [3.63, 3.8) is 0 Å². The van der Waals surface area contributed by atoms with Gasteiger partial charge in [0.25, 0.3) is 5.91 Å². The van der Waals surface area contributed by atoms with E-state index in [2.05, 4.69) is 16.7 Å². The maximum Gasteiger partial charge on any atom is 0.317 e. The lowest BCUT2D eigenvalue weighted by Gasteiger charge is -2.33. The molecule has 3 amide bonds. The highest BCUT2D eigenvalue weighted by atomic mass is 16.5. The van der Waals surface area contributed by atoms with Crippen LogP contribution in [0.25, 0.3) is 0 Å². The molecule has 148 valence electrons. The maximum atomic E-state index is 12.5. The lowest BCUT2D eigenvalue weighted by atomic mass is 9.89. The minimum atomic E-state index is -0.0578. The third-order valence-corrected chi connectivity index (χ3v) is 5.26. The maximum absolute atomic E-state index is 12.5. The molecule has 1 aromatic rings. The molecular weight excluding hydrogens is 342 g/mol. The predicted molar refractivity (Wildman–Crippen MR) is 105 cm³/mol. The molecule has 2 saturated heterocycles. The summed E-state index contributed by atoms with van der Waals surface area (Å²) in [7, 11) is 0. The monoisotopic (exact) mass is 373 g/mol. The summed E-state index contributed by atoms with van der Waals surface area (Å²) in [4.78, 5) is 26.7. The van der Waals surface area contributed by atoms with Gasteiger partial charge in [-0.2, -0.15) is 0 Å². The van der Waals surface area contributed by atoms with Crippen LogP contribution in [-0.4, -0.2) is 55.2 Å². The fourth-order valence-corrected chi connectivity index (χ4v) is 3.82. The van der Waals surface area contributed by atoms with Gasteiger partial charge in [-0.05, 0) is 57.2 Å². The molecule has 0 bridgehead atoms. The lowest BCUT2D eigenvalue weighted by molar-refractivity contribution is 0.0857. The number of carbonyl (C=O) groups excluding carboxylic acids is 2. The van der Waals surface area contributed by atoms with Crippen molar-refractivity contribution in [2.24, 2.45) is 0 Å². The molecule has 0 spiro atoms. The van der Waals surface area contributed by atoms with E-state index in [0.29, 0.717) is 18.7 Å². The first-order chi connectivity index (χ1) is 13.0. The number of urea groups is 1. The Kier molecular flexibility index (Phi) is 6.72. The topological polar surface area (TPSA) is 70.7 Å². The number of amides is 3. The predicted octanol–water partition coefficient (Wildman–Crippen LogP) is 2.89. The van der Waals surface area contributed by atoms with Gasteiger partial charge >= 0.3 is 6.03 Å². The fourth-order valence-electron chi connectivity index (χ4n) is 3.82. The molecule has 3 rings (SSSR count). The van der Waals surface area contributed by atoms with Crippen LogP contribution in [0.5, 0.6) is 0 Å². The van der Waals surface area contributed by atoms with Crippen molar-refractivity contribution in [3.05, 3.63) is 35.4 Å². The summed E-state index contributed by atoms with van der Waals surface area (Å²) in [6.07, 6.45) is 4.23. The van der Waals surface area contributed by atoms with Gasteiger partial charge in [-0.15, -0.1) is 0 Å². The second-order valence-corrected chi connectivity index (χ2v) is 7.86. The molecule has 1 aromatic carbocycles. The summed E-state index contributed by atoms with van der Waals surface area (Å²) in [6.45, 7) is 6.78. The third-order valence-electron chi connectivity index (χ3n) is 5.26. The van der Waals surface area contributed by atoms with Crippen LogP contribution in [0.2, 0.25) is 0 Å². The first-order valence-corrected chi connectivity index (χ1v) is 10.1. The van der Waals surface area contributed by atoms with Gasteiger partial charge in [0.1, 0.15) is 0 Å². The van der Waals surface area contributed by atoms with Gasteiger partial charge in [-0.1, -0.05) is 12.1 Å². The summed E-state index contributed by atoms with van der Waals surface area (Å²) >= 11 is 0. The molecule has 0 saturated carbocycles. The minimum Gasteiger partial charge on any atom is -0.376 e. The molecule has 0 aliphatic carbocycles. The van der Waals surface area contributed by atoms with E-state index in [1.54, 1.807) is 0 Å². The van der Waals surface area contributed by atoms with Crippen molar-refractivity contribution in [1.82, 2.24) is 15.5 Å². The van der Waals surface area contributed by atoms with E-state index in [1.165, 1.54) is 0 Å². The molecule has 6 heteroatoms. The zero-order valence-corrected chi connectivity index (χ0v) is 16.4. The van der Waals surface area contributed by atoms with Crippen LogP contribution >= 0.6 is 0 Å². The van der Waals surface area contributed by atoms with Gasteiger partial charge in [0.15, 0.2) is 0 Å². The van der Waals surface area contributed by atoms with E-state index in [1.807, 2.05) is 36.9 Å². The summed E-state index contributed by atoms with van der Waals surface area (Å²) < 4.78 is 5.56. The number of hydrogen-bond acceptors (Lipinski definition) is 3. The SMILES string of the molecule is CC(C)NC(=O)N1CCC[C@@H](c2cccc(C(=O)NC[C@@H]3CCCO3)c2)C1. The fraction of sp³-hybridized carbons (Fsp3) is 0.619. The van der Waals surface area contributed by atoms with Gasteiger partial charge in [-0.25, -0.2) is 4.79 Å². The number of nitrogens with one attached hydrogen (secondary N) is 2. The molecule has 2 aliphatic rings. The van der Waals surface area contributed by atoms with Gasteiger partial charge in [0.05, 0.1) is 6.10 Å². The highest BCUT2D eigenvalue weighted by Crippen LogP contribution is 2.27. The number of likely N-dealkylation sites (tertiary alicyclic amines) is 1. The van der Waals surface area contributed by atoms with Crippen molar-refractivity contribution < 1.29 is 14.3 Å². The minimum absolute atomic E-state index is 0.000149. The van der Waals surface area contributed by atoms with Gasteiger partial charge < -0.3 is 20.3 Å². The first kappa shape index (κ1) is 19.7. The van der Waals surface area contributed by atoms with Crippen molar-refractivity contribution in [2.45, 2.75) is 57.6 Å². The van der Waals surface area contributed by atoms with E-state index in [0.717, 1.165) is 44.4 Å². The Morgan fingerprint density at radius 2 is 2.11 bits per heavy atom. The second kappa shape index (κ2) is 9.22. The van der Waals surface area contributed by atoms with Gasteiger partial charge in [0.2, 0.25) is 0 Å². The average molecular weight is 373 g/mol. The quantitative estimate of drug-likeness (QED) is 0.834. The number of benzene rings is 1. The Hall–Kier alpha value is -2.08. The number of hydrogen-bond donors (Lipinski definition) is 2. The zero-order chi connectivity index (χ0) is 19.2. The molecular formula is C21H31N3O3. The lowest BCUT2D eigenvalue weighted by Crippen LogP contribution is -2.47. The van der Waals surface area contributed by atoms with Crippen LogP contribution in [0, 0.1) is 0 Å². The van der Waals surface area contributed by atoms with Crippen molar-refractivity contribution in [2.75, 3.05) is 26.2 Å². The van der Waals surface area contributed by atoms with E-state index in [4.69, 9.17) is 4.74 Å². The van der Waals surface area contributed by atoms with E-state index < -0.39 is 0 Å². The molecule has 2 N–H and O–H groups in total. The average Bonchev–Trinajstić information content (AvgIpc) is 3.19. The summed E-state index contributed by atoms with van der Waals surface area (Å²) in [5.74, 6) is 0.208. The van der Waals surface area contributed by atoms with Gasteiger partial charge in [0, 0.05) is 43.8 Å². The summed E-state index contributed by atoms with van der Waals surface area (Å²) in [6, 6.07) is 7.95. The number of nitrogens with zero attached hydrogens (tertiary/aromatic N) is 1. The van der Waals surface area contributed by atoms with Crippen LogP contribution in [-0.2, 0) is 4.74 Å². The van der Waals surface area contributed by atoms with Crippen molar-refractivity contribution in [1.29, 1.82) is 0 Å². The smallest absolute Gasteiger partial charge is 0.317 e. The van der Waals surface area contributed by atoms with Crippen molar-refractivity contribution >= 4 is 11.9 Å². The van der Waals surface area contributed by atoms with E-state index in [9.17, 15) is 9.59 Å². The number of ether oxygens (including phenoxy) is 1. The summed E-state index contributed by atoms with van der Waals surface area (Å²) in [5, 5.41) is 5.95. The Morgan fingerprint density at radius 3 is 2.85 bits per heavy atom. The first-order valence-electron chi connectivity index (χ1n) is 10.1. The molecule has 0 aromatic heterocycles. The van der Waals surface area contributed by atoms with Crippen molar-refractivity contribution in [3.8, 4) is 0 Å². The molecule has 6 nitrogen and oxygen atoms in total. The normalized spacial score (nSPS) is 22.7. The summed E-state index contributed by atoms with van der Waals surface area (Å²) in [5.41, 5.74) is 1.80. The third kappa shape index (κ3) is 5.45. The Morgan fingerprint density at radius 1 is 1.26 bits per heavy atom. The van der Waals surface area contributed by atoms with Crippen LogP contribution in [0.4, 0.5) is 4.79 Å². The zero-order valence-electron chi connectivity index (χ0n) is 16.4. The van der Waals surface area contributed by atoms with E-state index in [-0.39, 0.29) is 30.0 Å². The highest BCUT2D eigenvalue weighted by Gasteiger charge is 2.25. The van der Waals surface area contributed by atoms with Crippen LogP contribution in [0.1, 0.15) is 61.4 Å². The van der Waals surface area contributed by atoms with Gasteiger partial charge in [-0.3, -0.25) is 4.79 Å². The second-order valence-electron chi connectivity index (χ2n) is 7.86. The van der Waals surface area contributed by atoms with E-state index >= 15 is 0 Å². The molecule has 2 aliphatic heterocycles. The van der Waals surface area contributed by atoms with Crippen LogP contribution in [0.3, 0.4) is 0 Å². The Labute approximate surface area is 161 Å². The number of rotatable bonds is 5. The molecule has 0 radical (unpaired) electrons. The molecule has 0 unspecified atom stereocenters. The molecule has 2 heterocycles. The number of piperidine rings is 1. The molecule has 2 atom stereocenters. The molecule has 2 fully saturated rings.